The van der Waals surface area contributed by atoms with Crippen LogP contribution in [-0.2, 0) is 0 Å². The molecule has 0 radical (unpaired) electrons. The topological polar surface area (TPSA) is 0 Å². The summed E-state index contributed by atoms with van der Waals surface area (Å²) in [6.45, 7) is 0. The van der Waals surface area contributed by atoms with Crippen LogP contribution in [0.25, 0.3) is 10.1 Å². The number of alkyl halides is 1. The summed E-state index contributed by atoms with van der Waals surface area (Å²) >= 11 is 5.96. The van der Waals surface area contributed by atoms with Gasteiger partial charge in [0.25, 0.3) is 0 Å². The third-order valence-electron chi connectivity index (χ3n) is 5.94. The molecule has 1 aromatic carbocycles. The molecular formula is C17H17BrS. The first-order chi connectivity index (χ1) is 9.34. The van der Waals surface area contributed by atoms with Crippen LogP contribution in [0.1, 0.15) is 29.7 Å². The Labute approximate surface area is 126 Å². The van der Waals surface area contributed by atoms with Crippen LogP contribution in [0.2, 0.25) is 0 Å². The second kappa shape index (κ2) is 3.85. The fourth-order valence-electron chi connectivity index (χ4n) is 5.20. The molecule has 0 amide bonds. The third kappa shape index (κ3) is 1.45. The summed E-state index contributed by atoms with van der Waals surface area (Å²) in [5.74, 6) is 5.20. The van der Waals surface area contributed by atoms with Gasteiger partial charge in [0, 0.05) is 9.53 Å². The maximum absolute atomic E-state index is 4.06. The number of hydrogen-bond donors (Lipinski definition) is 0. The van der Waals surface area contributed by atoms with Crippen molar-refractivity contribution < 1.29 is 0 Å². The number of thiophene rings is 1. The summed E-state index contributed by atoms with van der Waals surface area (Å²) in [6.07, 6.45) is 4.59. The zero-order chi connectivity index (χ0) is 12.6. The molecule has 5 unspecified atom stereocenters. The lowest BCUT2D eigenvalue weighted by Gasteiger charge is -2.14. The summed E-state index contributed by atoms with van der Waals surface area (Å²) in [7, 11) is 0. The van der Waals surface area contributed by atoms with E-state index in [2.05, 4.69) is 45.6 Å². The highest BCUT2D eigenvalue weighted by Gasteiger charge is 2.66. The Balaban J connectivity index is 1.51. The van der Waals surface area contributed by atoms with Crippen molar-refractivity contribution in [2.24, 2.45) is 29.6 Å². The lowest BCUT2D eigenvalue weighted by atomic mass is 9.97. The van der Waals surface area contributed by atoms with Crippen molar-refractivity contribution in [1.29, 1.82) is 0 Å². The maximum Gasteiger partial charge on any atom is 0.0443 e. The predicted octanol–water partition coefficient (Wildman–Crippen LogP) is 5.63. The van der Waals surface area contributed by atoms with Crippen LogP contribution >= 0.6 is 27.3 Å². The van der Waals surface area contributed by atoms with Gasteiger partial charge in [-0.1, -0.05) is 34.1 Å². The molecule has 1 aromatic heterocycles. The van der Waals surface area contributed by atoms with Gasteiger partial charge in [-0.3, -0.25) is 0 Å². The van der Waals surface area contributed by atoms with Gasteiger partial charge in [-0.15, -0.1) is 11.3 Å². The summed E-state index contributed by atoms with van der Waals surface area (Å²) in [4.78, 5) is 0.599. The van der Waals surface area contributed by atoms with Gasteiger partial charge in [-0.25, -0.2) is 0 Å². The standard InChI is InChI=1S/C17H17BrS/c18-17(12-8-19-13-4-2-1-3-11(12)13)16-14-9-5-6-10(7-9)15(14)16/h1-4,8-10,14-17H,5-7H2. The second-order valence-electron chi connectivity index (χ2n) is 6.65. The molecule has 0 spiro atoms. The first-order valence-corrected chi connectivity index (χ1v) is 9.24. The van der Waals surface area contributed by atoms with Crippen LogP contribution in [0.5, 0.6) is 0 Å². The molecule has 0 nitrogen and oxygen atoms in total. The zero-order valence-corrected chi connectivity index (χ0v) is 13.2. The van der Waals surface area contributed by atoms with Gasteiger partial charge in [0.1, 0.15) is 0 Å². The Morgan fingerprint density at radius 2 is 1.84 bits per heavy atom. The Morgan fingerprint density at radius 3 is 2.63 bits per heavy atom. The lowest BCUT2D eigenvalue weighted by Crippen LogP contribution is -2.03. The number of halogens is 1. The number of hydrogen-bond acceptors (Lipinski definition) is 1. The highest BCUT2D eigenvalue weighted by atomic mass is 79.9. The minimum absolute atomic E-state index is 0.599. The smallest absolute Gasteiger partial charge is 0.0443 e. The average molecular weight is 333 g/mol. The lowest BCUT2D eigenvalue weighted by molar-refractivity contribution is 0.456. The molecule has 0 aliphatic heterocycles. The molecule has 3 aliphatic carbocycles. The van der Waals surface area contributed by atoms with Crippen LogP contribution in [0.4, 0.5) is 0 Å². The highest BCUT2D eigenvalue weighted by Crippen LogP contribution is 2.73. The van der Waals surface area contributed by atoms with E-state index < -0.39 is 0 Å². The van der Waals surface area contributed by atoms with Crippen LogP contribution in [0.3, 0.4) is 0 Å². The second-order valence-corrected chi connectivity index (χ2v) is 8.55. The van der Waals surface area contributed by atoms with Crippen LogP contribution in [0, 0.1) is 29.6 Å². The van der Waals surface area contributed by atoms with Crippen molar-refractivity contribution in [2.45, 2.75) is 24.1 Å². The van der Waals surface area contributed by atoms with Crippen LogP contribution < -0.4 is 0 Å². The van der Waals surface area contributed by atoms with E-state index in [0.29, 0.717) is 4.83 Å². The average Bonchev–Trinajstić information content (AvgIpc) is 2.82. The Kier molecular flexibility index (Phi) is 2.30. The van der Waals surface area contributed by atoms with Gasteiger partial charge in [-0.05, 0) is 71.2 Å². The molecule has 98 valence electrons. The number of fused-ring (bicyclic) bond motifs is 6. The third-order valence-corrected chi connectivity index (χ3v) is 8.03. The molecule has 19 heavy (non-hydrogen) atoms. The van der Waals surface area contributed by atoms with Crippen molar-refractivity contribution in [3.8, 4) is 0 Å². The first kappa shape index (κ1) is 11.3. The van der Waals surface area contributed by atoms with Crippen molar-refractivity contribution in [3.63, 3.8) is 0 Å². The van der Waals surface area contributed by atoms with E-state index in [4.69, 9.17) is 0 Å². The van der Waals surface area contributed by atoms with E-state index in [9.17, 15) is 0 Å². The van der Waals surface area contributed by atoms with Gasteiger partial charge in [-0.2, -0.15) is 0 Å². The zero-order valence-electron chi connectivity index (χ0n) is 10.8. The molecule has 3 saturated carbocycles. The molecule has 2 bridgehead atoms. The predicted molar refractivity (Wildman–Crippen MR) is 84.8 cm³/mol. The minimum atomic E-state index is 0.599. The minimum Gasteiger partial charge on any atom is -0.143 e. The summed E-state index contributed by atoms with van der Waals surface area (Å²) in [5.41, 5.74) is 1.56. The molecule has 0 saturated heterocycles. The normalized spacial score (nSPS) is 40.6. The molecule has 2 heteroatoms. The van der Waals surface area contributed by atoms with E-state index in [1.54, 1.807) is 12.0 Å². The molecule has 5 rings (SSSR count). The first-order valence-electron chi connectivity index (χ1n) is 7.45. The monoisotopic (exact) mass is 332 g/mol. The van der Waals surface area contributed by atoms with E-state index in [1.165, 1.54) is 22.9 Å². The van der Waals surface area contributed by atoms with Crippen molar-refractivity contribution in [3.05, 3.63) is 35.2 Å². The molecular weight excluding hydrogens is 316 g/mol. The largest absolute Gasteiger partial charge is 0.143 e. The molecule has 0 N–H and O–H groups in total. The fourth-order valence-corrected chi connectivity index (χ4v) is 7.46. The highest BCUT2D eigenvalue weighted by molar-refractivity contribution is 9.09. The Hall–Kier alpha value is -0.340. The molecule has 3 aliphatic rings. The summed E-state index contributed by atoms with van der Waals surface area (Å²) in [5, 5.41) is 3.87. The SMILES string of the molecule is BrC(c1csc2ccccc12)C1C2C3CCC(C3)C21. The number of benzene rings is 1. The van der Waals surface area contributed by atoms with E-state index in [-0.39, 0.29) is 0 Å². The van der Waals surface area contributed by atoms with Gasteiger partial charge in [0.15, 0.2) is 0 Å². The quantitative estimate of drug-likeness (QED) is 0.625. The molecule has 1 heterocycles. The summed E-state index contributed by atoms with van der Waals surface area (Å²) in [6, 6.07) is 8.87. The molecule has 5 atom stereocenters. The fraction of sp³-hybridized carbons (Fsp3) is 0.529. The van der Waals surface area contributed by atoms with Gasteiger partial charge in [0.2, 0.25) is 0 Å². The van der Waals surface area contributed by atoms with E-state index >= 15 is 0 Å². The molecule has 2 aromatic rings. The summed E-state index contributed by atoms with van der Waals surface area (Å²) < 4.78 is 1.44. The van der Waals surface area contributed by atoms with E-state index in [1.807, 2.05) is 11.3 Å². The van der Waals surface area contributed by atoms with Crippen LogP contribution in [0.15, 0.2) is 29.6 Å². The van der Waals surface area contributed by atoms with Crippen molar-refractivity contribution in [1.82, 2.24) is 0 Å². The van der Waals surface area contributed by atoms with Gasteiger partial charge < -0.3 is 0 Å². The molecule has 3 fully saturated rings. The Bertz CT molecular complexity index is 630. The van der Waals surface area contributed by atoms with Crippen LogP contribution in [-0.4, -0.2) is 0 Å². The maximum atomic E-state index is 4.06. The van der Waals surface area contributed by atoms with Gasteiger partial charge in [0.05, 0.1) is 0 Å². The van der Waals surface area contributed by atoms with Crippen molar-refractivity contribution in [2.75, 3.05) is 0 Å². The number of rotatable bonds is 2. The van der Waals surface area contributed by atoms with Crippen molar-refractivity contribution >= 4 is 37.4 Å². The van der Waals surface area contributed by atoms with Gasteiger partial charge >= 0.3 is 0 Å². The Morgan fingerprint density at radius 1 is 1.11 bits per heavy atom. The van der Waals surface area contributed by atoms with E-state index in [0.717, 1.165) is 29.6 Å².